The fourth-order valence-electron chi connectivity index (χ4n) is 2.18. The Bertz CT molecular complexity index is 461. The van der Waals surface area contributed by atoms with Crippen LogP contribution in [0, 0.1) is 8.80 Å². The van der Waals surface area contributed by atoms with Crippen LogP contribution in [0.2, 0.25) is 0 Å². The summed E-state index contributed by atoms with van der Waals surface area (Å²) < 4.78 is 1.11. The highest BCUT2D eigenvalue weighted by molar-refractivity contribution is 14.1. The molecule has 1 fully saturated rings. The van der Waals surface area contributed by atoms with Crippen LogP contribution >= 0.6 is 33.9 Å². The summed E-state index contributed by atoms with van der Waals surface area (Å²) in [6, 6.07) is 1.90. The Morgan fingerprint density at radius 3 is 2.94 bits per heavy atom. The molecular formula is C12H15IN2O2S. The first-order valence-electron chi connectivity index (χ1n) is 5.86. The van der Waals surface area contributed by atoms with Crippen LogP contribution in [0.1, 0.15) is 23.2 Å². The van der Waals surface area contributed by atoms with Crippen molar-refractivity contribution in [1.82, 2.24) is 10.2 Å². The van der Waals surface area contributed by atoms with Gasteiger partial charge >= 0.3 is 0 Å². The number of carbonyl (C=O) groups excluding carboxylic acids is 2. The van der Waals surface area contributed by atoms with Crippen molar-refractivity contribution in [2.24, 2.45) is 5.92 Å². The van der Waals surface area contributed by atoms with Crippen LogP contribution in [0.15, 0.2) is 11.4 Å². The largest absolute Gasteiger partial charge is 0.359 e. The molecular weight excluding hydrogens is 363 g/mol. The Kier molecular flexibility index (Phi) is 4.60. The zero-order valence-electron chi connectivity index (χ0n) is 10.1. The fraction of sp³-hybridized carbons (Fsp3) is 0.500. The Labute approximate surface area is 124 Å². The van der Waals surface area contributed by atoms with Crippen molar-refractivity contribution in [3.05, 3.63) is 19.9 Å². The summed E-state index contributed by atoms with van der Waals surface area (Å²) in [5.74, 6) is 0.0144. The topological polar surface area (TPSA) is 49.4 Å². The predicted octanol–water partition coefficient (Wildman–Crippen LogP) is 1.95. The molecule has 0 radical (unpaired) electrons. The summed E-state index contributed by atoms with van der Waals surface area (Å²) in [7, 11) is 1.64. The van der Waals surface area contributed by atoms with E-state index in [1.807, 2.05) is 11.4 Å². The lowest BCUT2D eigenvalue weighted by atomic mass is 9.97. The highest BCUT2D eigenvalue weighted by atomic mass is 127. The number of thiophene rings is 1. The van der Waals surface area contributed by atoms with E-state index in [0.717, 1.165) is 27.8 Å². The fourth-order valence-corrected chi connectivity index (χ4v) is 3.50. The number of likely N-dealkylation sites (tertiary alicyclic amines) is 1. The van der Waals surface area contributed by atoms with Crippen LogP contribution in [0.4, 0.5) is 0 Å². The maximum absolute atomic E-state index is 12.3. The monoisotopic (exact) mass is 378 g/mol. The van der Waals surface area contributed by atoms with Gasteiger partial charge in [-0.3, -0.25) is 9.59 Å². The predicted molar refractivity (Wildman–Crippen MR) is 79.7 cm³/mol. The van der Waals surface area contributed by atoms with Gasteiger partial charge in [0.2, 0.25) is 5.91 Å². The van der Waals surface area contributed by atoms with E-state index in [4.69, 9.17) is 0 Å². The molecule has 6 heteroatoms. The molecule has 0 saturated carbocycles. The van der Waals surface area contributed by atoms with E-state index < -0.39 is 0 Å². The van der Waals surface area contributed by atoms with Crippen molar-refractivity contribution >= 4 is 45.7 Å². The van der Waals surface area contributed by atoms with E-state index in [1.54, 1.807) is 23.3 Å². The minimum atomic E-state index is -0.0644. The molecule has 98 valence electrons. The lowest BCUT2D eigenvalue weighted by molar-refractivity contribution is -0.125. The van der Waals surface area contributed by atoms with Crippen molar-refractivity contribution in [3.63, 3.8) is 0 Å². The first-order chi connectivity index (χ1) is 8.61. The molecule has 0 aromatic carbocycles. The Balaban J connectivity index is 2.05. The molecule has 4 nitrogen and oxygen atoms in total. The van der Waals surface area contributed by atoms with Gasteiger partial charge in [0.1, 0.15) is 0 Å². The normalized spacial score (nSPS) is 19.7. The molecule has 2 amide bonds. The zero-order chi connectivity index (χ0) is 13.1. The van der Waals surface area contributed by atoms with Gasteiger partial charge in [-0.05, 0) is 41.5 Å². The van der Waals surface area contributed by atoms with Gasteiger partial charge in [-0.25, -0.2) is 0 Å². The molecule has 1 N–H and O–H groups in total. The summed E-state index contributed by atoms with van der Waals surface area (Å²) >= 11 is 3.78. The van der Waals surface area contributed by atoms with Gasteiger partial charge in [0.15, 0.2) is 0 Å². The number of hydrogen-bond acceptors (Lipinski definition) is 3. The lowest BCUT2D eigenvalue weighted by Gasteiger charge is -2.31. The second kappa shape index (κ2) is 6.01. The number of hydrogen-bond donors (Lipinski definition) is 1. The number of rotatable bonds is 2. The third-order valence-electron chi connectivity index (χ3n) is 3.14. The molecule has 1 aliphatic heterocycles. The smallest absolute Gasteiger partial charge is 0.254 e. The molecule has 2 rings (SSSR count). The van der Waals surface area contributed by atoms with Gasteiger partial charge in [0.25, 0.3) is 5.91 Å². The minimum Gasteiger partial charge on any atom is -0.359 e. The second-order valence-electron chi connectivity index (χ2n) is 4.34. The summed E-state index contributed by atoms with van der Waals surface area (Å²) in [5.41, 5.74) is 0.738. The Morgan fingerprint density at radius 1 is 1.56 bits per heavy atom. The Hall–Kier alpha value is -0.630. The van der Waals surface area contributed by atoms with Gasteiger partial charge in [0, 0.05) is 25.5 Å². The van der Waals surface area contributed by atoms with Gasteiger partial charge < -0.3 is 10.2 Å². The molecule has 1 aromatic heterocycles. The number of nitrogens with zero attached hydrogens (tertiary/aromatic N) is 1. The molecule has 1 aromatic rings. The summed E-state index contributed by atoms with van der Waals surface area (Å²) in [4.78, 5) is 25.7. The molecule has 1 saturated heterocycles. The molecule has 0 aliphatic carbocycles. The minimum absolute atomic E-state index is 0.0346. The van der Waals surface area contributed by atoms with Crippen LogP contribution in [-0.2, 0) is 4.79 Å². The number of piperidine rings is 1. The van der Waals surface area contributed by atoms with Crippen LogP contribution in [0.3, 0.4) is 0 Å². The van der Waals surface area contributed by atoms with Gasteiger partial charge in [-0.15, -0.1) is 11.3 Å². The van der Waals surface area contributed by atoms with Crippen LogP contribution in [0.25, 0.3) is 0 Å². The van der Waals surface area contributed by atoms with E-state index in [9.17, 15) is 9.59 Å². The van der Waals surface area contributed by atoms with E-state index in [0.29, 0.717) is 6.54 Å². The number of halogens is 1. The maximum Gasteiger partial charge on any atom is 0.254 e. The Morgan fingerprint density at radius 2 is 2.33 bits per heavy atom. The van der Waals surface area contributed by atoms with E-state index in [1.165, 1.54) is 0 Å². The molecule has 1 atom stereocenters. The number of amides is 2. The highest BCUT2D eigenvalue weighted by Crippen LogP contribution is 2.22. The van der Waals surface area contributed by atoms with Crippen LogP contribution in [0.5, 0.6) is 0 Å². The van der Waals surface area contributed by atoms with Crippen LogP contribution in [-0.4, -0.2) is 36.9 Å². The third kappa shape index (κ3) is 3.03. The van der Waals surface area contributed by atoms with Gasteiger partial charge in [-0.2, -0.15) is 0 Å². The average molecular weight is 378 g/mol. The van der Waals surface area contributed by atoms with Gasteiger partial charge in [0.05, 0.1) is 14.4 Å². The SMILES string of the molecule is CNC(=O)C1CCCN(C(=O)c2csc(I)c2)C1. The standard InChI is InChI=1S/C12H15IN2O2S/c1-14-11(16)8-3-2-4-15(6-8)12(17)9-5-10(13)18-7-9/h5,7-8H,2-4,6H2,1H3,(H,14,16). The van der Waals surface area contributed by atoms with Crippen molar-refractivity contribution in [1.29, 1.82) is 0 Å². The van der Waals surface area contributed by atoms with Crippen LogP contribution < -0.4 is 5.32 Å². The lowest BCUT2D eigenvalue weighted by Crippen LogP contribution is -2.44. The molecule has 1 aliphatic rings. The molecule has 0 spiro atoms. The summed E-state index contributed by atoms with van der Waals surface area (Å²) in [6.07, 6.45) is 1.76. The van der Waals surface area contributed by atoms with Crippen molar-refractivity contribution in [3.8, 4) is 0 Å². The van der Waals surface area contributed by atoms with E-state index in [-0.39, 0.29) is 17.7 Å². The van der Waals surface area contributed by atoms with Gasteiger partial charge in [-0.1, -0.05) is 0 Å². The number of carbonyl (C=O) groups is 2. The number of nitrogens with one attached hydrogen (secondary N) is 1. The third-order valence-corrected chi connectivity index (χ3v) is 4.93. The van der Waals surface area contributed by atoms with Crippen molar-refractivity contribution in [2.75, 3.05) is 20.1 Å². The molecule has 2 heterocycles. The zero-order valence-corrected chi connectivity index (χ0v) is 13.1. The van der Waals surface area contributed by atoms with Crippen molar-refractivity contribution in [2.45, 2.75) is 12.8 Å². The first kappa shape index (κ1) is 13.8. The summed E-state index contributed by atoms with van der Waals surface area (Å²) in [6.45, 7) is 1.28. The highest BCUT2D eigenvalue weighted by Gasteiger charge is 2.28. The van der Waals surface area contributed by atoms with Crippen molar-refractivity contribution < 1.29 is 9.59 Å². The average Bonchev–Trinajstić information content (AvgIpc) is 2.83. The summed E-state index contributed by atoms with van der Waals surface area (Å²) in [5, 5.41) is 4.54. The molecule has 18 heavy (non-hydrogen) atoms. The first-order valence-corrected chi connectivity index (χ1v) is 7.82. The maximum atomic E-state index is 12.3. The molecule has 1 unspecified atom stereocenters. The van der Waals surface area contributed by atoms with E-state index >= 15 is 0 Å². The second-order valence-corrected chi connectivity index (χ2v) is 7.15. The quantitative estimate of drug-likeness (QED) is 0.800. The molecule has 0 bridgehead atoms. The van der Waals surface area contributed by atoms with E-state index in [2.05, 4.69) is 27.9 Å².